The number of phenolic OH excluding ortho intramolecular Hbond substituents is 1. The normalized spacial score (nSPS) is 11.4. The fraction of sp³-hybridized carbons (Fsp3) is 0.0833. The van der Waals surface area contributed by atoms with Crippen molar-refractivity contribution in [2.45, 2.75) is 11.4 Å². The number of aromatic hydroxyl groups is 1. The molecule has 0 fully saturated rings. The van der Waals surface area contributed by atoms with Gasteiger partial charge in [0.15, 0.2) is 0 Å². The van der Waals surface area contributed by atoms with Crippen LogP contribution in [0.3, 0.4) is 0 Å². The summed E-state index contributed by atoms with van der Waals surface area (Å²) in [6.45, 7) is 0.0873. The molecule has 100 valence electrons. The number of nitrogen functional groups attached to an aromatic ring is 1. The monoisotopic (exact) mass is 279 g/mol. The second kappa shape index (κ2) is 5.25. The smallest absolute Gasteiger partial charge is 0.241 e. The van der Waals surface area contributed by atoms with E-state index in [9.17, 15) is 13.5 Å². The van der Waals surface area contributed by atoms with Crippen LogP contribution in [0.4, 0.5) is 5.69 Å². The zero-order valence-electron chi connectivity index (χ0n) is 9.95. The summed E-state index contributed by atoms with van der Waals surface area (Å²) >= 11 is 0. The fourth-order valence-electron chi connectivity index (χ4n) is 1.45. The quantitative estimate of drug-likeness (QED) is 0.568. The number of hydrogen-bond donors (Lipinski definition) is 3. The minimum atomic E-state index is -3.68. The topological polar surface area (TPSA) is 105 Å². The first-order chi connectivity index (χ1) is 8.99. The molecule has 0 amide bonds. The first kappa shape index (κ1) is 13.3. The van der Waals surface area contributed by atoms with Crippen LogP contribution >= 0.6 is 0 Å². The second-order valence-electron chi connectivity index (χ2n) is 3.87. The van der Waals surface area contributed by atoms with Crippen molar-refractivity contribution in [1.29, 1.82) is 0 Å². The van der Waals surface area contributed by atoms with Gasteiger partial charge in [0.2, 0.25) is 10.0 Å². The predicted molar refractivity (Wildman–Crippen MR) is 70.8 cm³/mol. The highest BCUT2D eigenvalue weighted by atomic mass is 32.2. The van der Waals surface area contributed by atoms with Crippen molar-refractivity contribution in [2.75, 3.05) is 5.73 Å². The molecule has 0 aliphatic carbocycles. The van der Waals surface area contributed by atoms with Gasteiger partial charge in [0.25, 0.3) is 0 Å². The van der Waals surface area contributed by atoms with E-state index in [4.69, 9.17) is 5.73 Å². The minimum Gasteiger partial charge on any atom is -0.506 e. The molecule has 0 saturated carbocycles. The summed E-state index contributed by atoms with van der Waals surface area (Å²) in [6.07, 6.45) is 1.59. The first-order valence-corrected chi connectivity index (χ1v) is 6.95. The fourth-order valence-corrected chi connectivity index (χ4v) is 2.49. The molecule has 0 aliphatic heterocycles. The van der Waals surface area contributed by atoms with Crippen LogP contribution in [0.25, 0.3) is 0 Å². The molecule has 6 nitrogen and oxygen atoms in total. The summed E-state index contributed by atoms with van der Waals surface area (Å²) in [4.78, 5) is 4.01. The molecule has 1 aromatic heterocycles. The number of aromatic nitrogens is 1. The van der Waals surface area contributed by atoms with Gasteiger partial charge in [-0.2, -0.15) is 0 Å². The van der Waals surface area contributed by atoms with Gasteiger partial charge in [0.1, 0.15) is 5.75 Å². The van der Waals surface area contributed by atoms with Gasteiger partial charge in [-0.05, 0) is 30.3 Å². The van der Waals surface area contributed by atoms with E-state index in [0.717, 1.165) is 0 Å². The van der Waals surface area contributed by atoms with Crippen molar-refractivity contribution in [3.8, 4) is 5.75 Å². The van der Waals surface area contributed by atoms with Crippen molar-refractivity contribution < 1.29 is 13.5 Å². The Hall–Kier alpha value is -2.12. The van der Waals surface area contributed by atoms with E-state index in [1.807, 2.05) is 0 Å². The molecule has 0 atom stereocenters. The van der Waals surface area contributed by atoms with Gasteiger partial charge in [-0.3, -0.25) is 4.98 Å². The lowest BCUT2D eigenvalue weighted by atomic mass is 10.3. The number of pyridine rings is 1. The predicted octanol–water partition coefficient (Wildman–Crippen LogP) is 0.848. The van der Waals surface area contributed by atoms with Crippen LogP contribution in [0, 0.1) is 0 Å². The maximum atomic E-state index is 12.0. The average molecular weight is 279 g/mol. The van der Waals surface area contributed by atoms with Gasteiger partial charge < -0.3 is 10.8 Å². The second-order valence-corrected chi connectivity index (χ2v) is 5.63. The molecule has 0 aliphatic rings. The Morgan fingerprint density at radius 2 is 2.05 bits per heavy atom. The number of nitrogens with zero attached hydrogens (tertiary/aromatic N) is 1. The van der Waals surface area contributed by atoms with Crippen LogP contribution in [0.1, 0.15) is 5.69 Å². The van der Waals surface area contributed by atoms with Crippen LogP contribution < -0.4 is 10.5 Å². The number of nitrogens with two attached hydrogens (primary N) is 1. The number of anilines is 1. The highest BCUT2D eigenvalue weighted by Crippen LogP contribution is 2.22. The Bertz CT molecular complexity index is 672. The van der Waals surface area contributed by atoms with Gasteiger partial charge >= 0.3 is 0 Å². The molecule has 7 heteroatoms. The van der Waals surface area contributed by atoms with Crippen LogP contribution in [-0.4, -0.2) is 18.5 Å². The third kappa shape index (κ3) is 3.21. The van der Waals surface area contributed by atoms with E-state index < -0.39 is 10.0 Å². The number of benzene rings is 1. The molecule has 19 heavy (non-hydrogen) atoms. The highest BCUT2D eigenvalue weighted by Gasteiger charge is 2.15. The van der Waals surface area contributed by atoms with Gasteiger partial charge in [0, 0.05) is 6.20 Å². The van der Waals surface area contributed by atoms with Crippen LogP contribution in [0.5, 0.6) is 5.75 Å². The summed E-state index contributed by atoms with van der Waals surface area (Å²) in [7, 11) is -3.68. The van der Waals surface area contributed by atoms with E-state index in [1.54, 1.807) is 24.4 Å². The van der Waals surface area contributed by atoms with E-state index in [1.165, 1.54) is 18.2 Å². The van der Waals surface area contributed by atoms with Gasteiger partial charge in [-0.1, -0.05) is 6.07 Å². The van der Waals surface area contributed by atoms with Crippen LogP contribution in [-0.2, 0) is 16.6 Å². The summed E-state index contributed by atoms with van der Waals surface area (Å²) in [5.41, 5.74) is 6.09. The lowest BCUT2D eigenvalue weighted by Crippen LogP contribution is -2.23. The Balaban J connectivity index is 2.16. The van der Waals surface area contributed by atoms with E-state index >= 15 is 0 Å². The molecule has 0 spiro atoms. The molecule has 2 aromatic rings. The lowest BCUT2D eigenvalue weighted by molar-refractivity contribution is 0.477. The van der Waals surface area contributed by atoms with Crippen molar-refractivity contribution in [3.63, 3.8) is 0 Å². The molecule has 0 saturated heterocycles. The summed E-state index contributed by atoms with van der Waals surface area (Å²) in [5.74, 6) is -0.149. The Labute approximate surface area is 111 Å². The minimum absolute atomic E-state index is 0.00117. The zero-order chi connectivity index (χ0) is 13.9. The molecular weight excluding hydrogens is 266 g/mol. The molecule has 0 bridgehead atoms. The number of hydrogen-bond acceptors (Lipinski definition) is 5. The molecule has 0 unspecified atom stereocenters. The highest BCUT2D eigenvalue weighted by molar-refractivity contribution is 7.89. The average Bonchev–Trinajstić information content (AvgIpc) is 2.41. The third-order valence-electron chi connectivity index (χ3n) is 2.48. The van der Waals surface area contributed by atoms with E-state index in [0.29, 0.717) is 5.69 Å². The largest absolute Gasteiger partial charge is 0.506 e. The lowest BCUT2D eigenvalue weighted by Gasteiger charge is -2.07. The van der Waals surface area contributed by atoms with Crippen molar-refractivity contribution in [3.05, 3.63) is 48.3 Å². The molecule has 2 rings (SSSR count). The molecule has 1 heterocycles. The summed E-state index contributed by atoms with van der Waals surface area (Å²) in [5, 5.41) is 9.27. The number of phenols is 1. The third-order valence-corrected chi connectivity index (χ3v) is 3.88. The van der Waals surface area contributed by atoms with Gasteiger partial charge in [-0.15, -0.1) is 0 Å². The molecule has 1 aromatic carbocycles. The Morgan fingerprint density at radius 3 is 2.68 bits per heavy atom. The number of rotatable bonds is 4. The summed E-state index contributed by atoms with van der Waals surface area (Å²) in [6, 6.07) is 8.97. The van der Waals surface area contributed by atoms with Crippen molar-refractivity contribution in [1.82, 2.24) is 9.71 Å². The summed E-state index contributed by atoms with van der Waals surface area (Å²) < 4.78 is 26.4. The number of nitrogens with one attached hydrogen (secondary N) is 1. The standard InChI is InChI=1S/C12H13N3O3S/c13-11-7-10(4-5-12(11)16)19(17,18)15-8-9-3-1-2-6-14-9/h1-7,15-16H,8,13H2. The van der Waals surface area contributed by atoms with Crippen LogP contribution in [0.15, 0.2) is 47.5 Å². The van der Waals surface area contributed by atoms with Gasteiger partial charge in [0.05, 0.1) is 22.8 Å². The first-order valence-electron chi connectivity index (χ1n) is 5.47. The SMILES string of the molecule is Nc1cc(S(=O)(=O)NCc2ccccn2)ccc1O. The Kier molecular flexibility index (Phi) is 3.68. The molecule has 0 radical (unpaired) electrons. The zero-order valence-corrected chi connectivity index (χ0v) is 10.8. The van der Waals surface area contributed by atoms with Gasteiger partial charge in [-0.25, -0.2) is 13.1 Å². The maximum Gasteiger partial charge on any atom is 0.241 e. The molecule has 4 N–H and O–H groups in total. The number of sulfonamides is 1. The van der Waals surface area contributed by atoms with Crippen LogP contribution in [0.2, 0.25) is 0 Å². The van der Waals surface area contributed by atoms with Crippen molar-refractivity contribution >= 4 is 15.7 Å². The van der Waals surface area contributed by atoms with E-state index in [-0.39, 0.29) is 22.9 Å². The van der Waals surface area contributed by atoms with E-state index in [2.05, 4.69) is 9.71 Å². The molecular formula is C12H13N3O3S. The Morgan fingerprint density at radius 1 is 1.26 bits per heavy atom. The maximum absolute atomic E-state index is 12.0. The van der Waals surface area contributed by atoms with Crippen molar-refractivity contribution in [2.24, 2.45) is 0 Å².